The second kappa shape index (κ2) is 5.00. The molecule has 0 aliphatic carbocycles. The number of H-pyrrole nitrogens is 3. The van der Waals surface area contributed by atoms with Crippen LogP contribution in [0.25, 0.3) is 22.2 Å². The molecule has 0 unspecified atom stereocenters. The molecule has 6 heteroatoms. The first-order valence-corrected chi connectivity index (χ1v) is 6.94. The van der Waals surface area contributed by atoms with Gasteiger partial charge in [-0.05, 0) is 11.6 Å². The Morgan fingerprint density at radius 1 is 1.05 bits per heavy atom. The molecule has 0 saturated heterocycles. The lowest BCUT2D eigenvalue weighted by molar-refractivity contribution is 1.04. The molecule has 0 radical (unpaired) electrons. The molecule has 108 valence electrons. The maximum absolute atomic E-state index is 11.8. The van der Waals surface area contributed by atoms with Gasteiger partial charge < -0.3 is 10.1 Å². The van der Waals surface area contributed by atoms with Gasteiger partial charge in [0.15, 0.2) is 0 Å². The number of hydrogen-bond donors (Lipinski definition) is 3. The first kappa shape index (κ1) is 12.6. The average molecular weight is 291 g/mol. The summed E-state index contributed by atoms with van der Waals surface area (Å²) in [5, 5.41) is 6.38. The fourth-order valence-electron chi connectivity index (χ4n) is 2.66. The lowest BCUT2D eigenvalue weighted by Gasteiger charge is -2.04. The highest BCUT2D eigenvalue weighted by Gasteiger charge is 2.14. The van der Waals surface area contributed by atoms with Crippen molar-refractivity contribution in [2.24, 2.45) is 0 Å². The van der Waals surface area contributed by atoms with Gasteiger partial charge in [0.05, 0.1) is 17.0 Å². The lowest BCUT2D eigenvalue weighted by atomic mass is 10.0. The summed E-state index contributed by atoms with van der Waals surface area (Å²) in [6, 6.07) is 8.11. The fraction of sp³-hybridized carbons (Fsp3) is 0.0625. The molecule has 4 aromatic rings. The third-order valence-electron chi connectivity index (χ3n) is 3.71. The molecular weight excluding hydrogens is 278 g/mol. The highest BCUT2D eigenvalue weighted by molar-refractivity contribution is 5.83. The van der Waals surface area contributed by atoms with Crippen LogP contribution in [0.15, 0.2) is 53.8 Å². The molecule has 0 atom stereocenters. The minimum Gasteiger partial charge on any atom is -0.361 e. The molecule has 0 amide bonds. The van der Waals surface area contributed by atoms with E-state index >= 15 is 0 Å². The van der Waals surface area contributed by atoms with E-state index in [1.54, 1.807) is 18.6 Å². The molecule has 0 fully saturated rings. The van der Waals surface area contributed by atoms with Crippen LogP contribution in [0.4, 0.5) is 0 Å². The van der Waals surface area contributed by atoms with E-state index in [2.05, 4.69) is 31.2 Å². The summed E-state index contributed by atoms with van der Waals surface area (Å²) in [5.41, 5.74) is 3.91. The smallest absolute Gasteiger partial charge is 0.273 e. The molecule has 3 N–H and O–H groups in total. The third kappa shape index (κ3) is 2.01. The van der Waals surface area contributed by atoms with Crippen LogP contribution in [0.2, 0.25) is 0 Å². The van der Waals surface area contributed by atoms with Crippen molar-refractivity contribution >= 4 is 10.9 Å². The topological polar surface area (TPSA) is 90.2 Å². The van der Waals surface area contributed by atoms with Gasteiger partial charge in [0.1, 0.15) is 0 Å². The summed E-state index contributed by atoms with van der Waals surface area (Å²) in [5.74, 6) is 0. The van der Waals surface area contributed by atoms with Crippen molar-refractivity contribution in [1.82, 2.24) is 25.1 Å². The van der Waals surface area contributed by atoms with E-state index in [0.29, 0.717) is 17.7 Å². The maximum atomic E-state index is 11.8. The highest BCUT2D eigenvalue weighted by Crippen LogP contribution is 2.23. The Balaban J connectivity index is 1.81. The zero-order chi connectivity index (χ0) is 14.9. The third-order valence-corrected chi connectivity index (χ3v) is 3.71. The molecule has 22 heavy (non-hydrogen) atoms. The number of para-hydroxylation sites is 1. The van der Waals surface area contributed by atoms with Crippen LogP contribution >= 0.6 is 0 Å². The number of hydrogen-bond acceptors (Lipinski definition) is 3. The van der Waals surface area contributed by atoms with E-state index in [1.165, 1.54) is 0 Å². The quantitative estimate of drug-likeness (QED) is 0.540. The number of fused-ring (bicyclic) bond motifs is 1. The summed E-state index contributed by atoms with van der Waals surface area (Å²) in [6.45, 7) is 0. The molecule has 0 bridgehead atoms. The predicted molar refractivity (Wildman–Crippen MR) is 83.5 cm³/mol. The molecule has 3 heterocycles. The normalized spacial score (nSPS) is 11.1. The van der Waals surface area contributed by atoms with Gasteiger partial charge in [-0.25, -0.2) is 0 Å². The van der Waals surface area contributed by atoms with Gasteiger partial charge in [0.25, 0.3) is 5.56 Å². The van der Waals surface area contributed by atoms with E-state index in [-0.39, 0.29) is 5.56 Å². The molecule has 0 aliphatic rings. The fourth-order valence-corrected chi connectivity index (χ4v) is 2.66. The Bertz CT molecular complexity index is 995. The number of aromatic nitrogens is 5. The first-order valence-electron chi connectivity index (χ1n) is 6.94. The van der Waals surface area contributed by atoms with Crippen molar-refractivity contribution in [3.05, 3.63) is 70.7 Å². The number of nitrogens with zero attached hydrogens (tertiary/aromatic N) is 2. The van der Waals surface area contributed by atoms with E-state index in [0.717, 1.165) is 22.2 Å². The summed E-state index contributed by atoms with van der Waals surface area (Å²) < 4.78 is 0. The predicted octanol–water partition coefficient (Wildman–Crippen LogP) is 2.23. The summed E-state index contributed by atoms with van der Waals surface area (Å²) in [4.78, 5) is 23.8. The Morgan fingerprint density at radius 3 is 2.77 bits per heavy atom. The van der Waals surface area contributed by atoms with Crippen LogP contribution < -0.4 is 5.56 Å². The SMILES string of the molecule is O=c1[nH][nH]cc1-c1nccnc1Cc1c[nH]c2ccccc12. The second-order valence-electron chi connectivity index (χ2n) is 5.04. The van der Waals surface area contributed by atoms with Crippen LogP contribution in [0, 0.1) is 0 Å². The molecule has 1 aromatic carbocycles. The van der Waals surface area contributed by atoms with E-state index < -0.39 is 0 Å². The molecule has 6 nitrogen and oxygen atoms in total. The Hall–Kier alpha value is -3.15. The number of rotatable bonds is 3. The monoisotopic (exact) mass is 291 g/mol. The van der Waals surface area contributed by atoms with Crippen molar-refractivity contribution < 1.29 is 0 Å². The average Bonchev–Trinajstić information content (AvgIpc) is 3.15. The van der Waals surface area contributed by atoms with Gasteiger partial charge in [-0.1, -0.05) is 18.2 Å². The van der Waals surface area contributed by atoms with Crippen LogP contribution in [0.3, 0.4) is 0 Å². The Labute approximate surface area is 125 Å². The van der Waals surface area contributed by atoms with Crippen LogP contribution in [-0.4, -0.2) is 25.1 Å². The number of nitrogens with one attached hydrogen (secondary N) is 3. The molecule has 3 aromatic heterocycles. The lowest BCUT2D eigenvalue weighted by Crippen LogP contribution is -2.06. The Kier molecular flexibility index (Phi) is 2.86. The molecule has 0 saturated carbocycles. The zero-order valence-corrected chi connectivity index (χ0v) is 11.6. The van der Waals surface area contributed by atoms with Gasteiger partial charge in [-0.15, -0.1) is 0 Å². The minimum absolute atomic E-state index is 0.194. The maximum Gasteiger partial charge on any atom is 0.273 e. The van der Waals surface area contributed by atoms with E-state index in [9.17, 15) is 4.79 Å². The van der Waals surface area contributed by atoms with Gasteiger partial charge in [0.2, 0.25) is 0 Å². The van der Waals surface area contributed by atoms with Crippen molar-refractivity contribution in [2.45, 2.75) is 6.42 Å². The van der Waals surface area contributed by atoms with Crippen LogP contribution in [0.5, 0.6) is 0 Å². The number of aromatic amines is 3. The standard InChI is InChI=1S/C16H13N5O/c22-16-12(9-20-21-16)15-14(17-5-6-18-15)7-10-8-19-13-4-2-1-3-11(10)13/h1-6,8-9,19H,7H2,(H2,20,21,22). The van der Waals surface area contributed by atoms with Gasteiger partial charge >= 0.3 is 0 Å². The zero-order valence-electron chi connectivity index (χ0n) is 11.6. The first-order chi connectivity index (χ1) is 10.8. The van der Waals surface area contributed by atoms with E-state index in [4.69, 9.17) is 0 Å². The van der Waals surface area contributed by atoms with E-state index in [1.807, 2.05) is 24.4 Å². The van der Waals surface area contributed by atoms with Crippen molar-refractivity contribution in [3.63, 3.8) is 0 Å². The summed E-state index contributed by atoms with van der Waals surface area (Å²) in [6.07, 6.45) is 7.45. The molecular formula is C16H13N5O. The highest BCUT2D eigenvalue weighted by atomic mass is 16.1. The molecule has 0 aliphatic heterocycles. The number of benzene rings is 1. The van der Waals surface area contributed by atoms with Crippen LogP contribution in [0.1, 0.15) is 11.3 Å². The van der Waals surface area contributed by atoms with Gasteiger partial charge in [-0.2, -0.15) is 0 Å². The van der Waals surface area contributed by atoms with Gasteiger partial charge in [-0.3, -0.25) is 19.9 Å². The second-order valence-corrected chi connectivity index (χ2v) is 5.04. The molecule has 4 rings (SSSR count). The molecule has 0 spiro atoms. The van der Waals surface area contributed by atoms with Crippen LogP contribution in [-0.2, 0) is 6.42 Å². The summed E-state index contributed by atoms with van der Waals surface area (Å²) >= 11 is 0. The largest absolute Gasteiger partial charge is 0.361 e. The van der Waals surface area contributed by atoms with Gasteiger partial charge in [0, 0.05) is 42.1 Å². The van der Waals surface area contributed by atoms with Crippen molar-refractivity contribution in [2.75, 3.05) is 0 Å². The minimum atomic E-state index is -0.194. The summed E-state index contributed by atoms with van der Waals surface area (Å²) in [7, 11) is 0. The van der Waals surface area contributed by atoms with Crippen molar-refractivity contribution in [3.8, 4) is 11.3 Å². The Morgan fingerprint density at radius 2 is 1.91 bits per heavy atom. The van der Waals surface area contributed by atoms with Crippen molar-refractivity contribution in [1.29, 1.82) is 0 Å².